The molecule has 2 aromatic rings. The number of nitrogens with zero attached hydrogens (tertiary/aromatic N) is 4. The predicted molar refractivity (Wildman–Crippen MR) is 62.3 cm³/mol. The summed E-state index contributed by atoms with van der Waals surface area (Å²) in [5, 5.41) is 18.9. The first kappa shape index (κ1) is 10.7. The number of benzene rings is 1. The van der Waals surface area contributed by atoms with E-state index in [0.29, 0.717) is 18.0 Å². The molecule has 0 aliphatic carbocycles. The van der Waals surface area contributed by atoms with Crippen LogP contribution in [0.1, 0.15) is 13.0 Å². The zero-order valence-electron chi connectivity index (χ0n) is 9.61. The Bertz CT molecular complexity index is 623. The fraction of sp³-hybridized carbons (Fsp3) is 0.273. The van der Waals surface area contributed by atoms with Gasteiger partial charge in [-0.15, -0.1) is 10.2 Å². The largest absolute Gasteiger partial charge is 0.484 e. The Labute approximate surface area is 102 Å². The third kappa shape index (κ3) is 1.44. The van der Waals surface area contributed by atoms with Gasteiger partial charge < -0.3 is 9.30 Å². The fourth-order valence-electron chi connectivity index (χ4n) is 2.04. The molecule has 0 radical (unpaired) electrons. The Hall–Kier alpha value is -2.44. The molecular weight excluding hydrogens is 236 g/mol. The molecule has 1 aromatic carbocycles. The molecule has 0 saturated carbocycles. The molecule has 0 fully saturated rings. The highest BCUT2D eigenvalue weighted by Crippen LogP contribution is 2.39. The molecule has 0 N–H and O–H groups in total. The summed E-state index contributed by atoms with van der Waals surface area (Å²) in [5.74, 6) is 0.861. The van der Waals surface area contributed by atoms with E-state index in [1.54, 1.807) is 18.5 Å². The molecule has 2 heterocycles. The van der Waals surface area contributed by atoms with E-state index in [0.717, 1.165) is 0 Å². The standard InChI is InChI=1S/C11H10N4O3/c1-7-5-18-10-8(11-13-12-6-14(7)11)3-2-4-9(10)15(16)17/h2-4,6-7H,5H2,1H3/t7-/m0/s1. The third-order valence-corrected chi connectivity index (χ3v) is 2.95. The SMILES string of the molecule is C[C@H]1COc2c(cccc2[N+](=O)[O-])-c2nncn21. The van der Waals surface area contributed by atoms with E-state index in [1.165, 1.54) is 6.07 Å². The van der Waals surface area contributed by atoms with Crippen molar-refractivity contribution in [1.29, 1.82) is 0 Å². The maximum Gasteiger partial charge on any atom is 0.311 e. The van der Waals surface area contributed by atoms with Crippen molar-refractivity contribution in [2.75, 3.05) is 6.61 Å². The van der Waals surface area contributed by atoms with E-state index in [4.69, 9.17) is 4.74 Å². The van der Waals surface area contributed by atoms with Gasteiger partial charge in [-0.05, 0) is 13.0 Å². The van der Waals surface area contributed by atoms with Gasteiger partial charge in [0.05, 0.1) is 16.5 Å². The molecule has 0 amide bonds. The minimum Gasteiger partial charge on any atom is -0.484 e. The lowest BCUT2D eigenvalue weighted by molar-refractivity contribution is -0.385. The van der Waals surface area contributed by atoms with Crippen LogP contribution in [-0.4, -0.2) is 26.3 Å². The number of rotatable bonds is 1. The molecule has 0 spiro atoms. The van der Waals surface area contributed by atoms with Crippen molar-refractivity contribution in [2.45, 2.75) is 13.0 Å². The first-order chi connectivity index (χ1) is 8.68. The second kappa shape index (κ2) is 3.80. The van der Waals surface area contributed by atoms with Gasteiger partial charge >= 0.3 is 5.69 Å². The number of hydrogen-bond donors (Lipinski definition) is 0. The summed E-state index contributed by atoms with van der Waals surface area (Å²) in [6.07, 6.45) is 1.61. The van der Waals surface area contributed by atoms with Crippen molar-refractivity contribution in [3.63, 3.8) is 0 Å². The van der Waals surface area contributed by atoms with Crippen molar-refractivity contribution < 1.29 is 9.66 Å². The second-order valence-corrected chi connectivity index (χ2v) is 4.13. The van der Waals surface area contributed by atoms with Gasteiger partial charge in [0.2, 0.25) is 5.75 Å². The minimum atomic E-state index is -0.449. The number of fused-ring (bicyclic) bond motifs is 3. The van der Waals surface area contributed by atoms with Crippen molar-refractivity contribution in [1.82, 2.24) is 14.8 Å². The summed E-state index contributed by atoms with van der Waals surface area (Å²) in [6.45, 7) is 2.30. The van der Waals surface area contributed by atoms with E-state index in [-0.39, 0.29) is 17.5 Å². The van der Waals surface area contributed by atoms with Crippen molar-refractivity contribution in [3.05, 3.63) is 34.6 Å². The fourth-order valence-corrected chi connectivity index (χ4v) is 2.04. The van der Waals surface area contributed by atoms with E-state index >= 15 is 0 Å². The molecule has 1 aliphatic heterocycles. The van der Waals surface area contributed by atoms with Crippen LogP contribution in [-0.2, 0) is 0 Å². The van der Waals surface area contributed by atoms with Crippen molar-refractivity contribution in [3.8, 4) is 17.1 Å². The van der Waals surface area contributed by atoms with Crippen LogP contribution in [0.15, 0.2) is 24.5 Å². The second-order valence-electron chi connectivity index (χ2n) is 4.13. The summed E-state index contributed by atoms with van der Waals surface area (Å²) in [7, 11) is 0. The quantitative estimate of drug-likeness (QED) is 0.566. The number of ether oxygens (including phenoxy) is 1. The summed E-state index contributed by atoms with van der Waals surface area (Å²) in [4.78, 5) is 10.6. The lowest BCUT2D eigenvalue weighted by Gasteiger charge is -2.10. The number of hydrogen-bond acceptors (Lipinski definition) is 5. The molecule has 0 unspecified atom stereocenters. The smallest absolute Gasteiger partial charge is 0.311 e. The lowest BCUT2D eigenvalue weighted by atomic mass is 10.1. The molecule has 7 heteroatoms. The van der Waals surface area contributed by atoms with Gasteiger partial charge in [-0.25, -0.2) is 0 Å². The van der Waals surface area contributed by atoms with Gasteiger partial charge in [0.15, 0.2) is 5.82 Å². The average Bonchev–Trinajstić information content (AvgIpc) is 2.79. The van der Waals surface area contributed by atoms with E-state index in [9.17, 15) is 10.1 Å². The molecule has 18 heavy (non-hydrogen) atoms. The average molecular weight is 246 g/mol. The van der Waals surface area contributed by atoms with Gasteiger partial charge in [0.25, 0.3) is 0 Å². The third-order valence-electron chi connectivity index (χ3n) is 2.95. The Morgan fingerprint density at radius 3 is 3.17 bits per heavy atom. The Morgan fingerprint density at radius 2 is 2.39 bits per heavy atom. The van der Waals surface area contributed by atoms with Crippen LogP contribution < -0.4 is 4.74 Å². The van der Waals surface area contributed by atoms with Crippen LogP contribution in [0.2, 0.25) is 0 Å². The lowest BCUT2D eigenvalue weighted by Crippen LogP contribution is -2.11. The summed E-state index contributed by atoms with van der Waals surface area (Å²) >= 11 is 0. The molecule has 0 bridgehead atoms. The van der Waals surface area contributed by atoms with Crippen LogP contribution in [0.5, 0.6) is 5.75 Å². The Kier molecular flexibility index (Phi) is 2.26. The summed E-state index contributed by atoms with van der Waals surface area (Å²) < 4.78 is 7.42. The minimum absolute atomic E-state index is 0.0296. The highest BCUT2D eigenvalue weighted by molar-refractivity contribution is 5.71. The predicted octanol–water partition coefficient (Wildman–Crippen LogP) is 1.81. The topological polar surface area (TPSA) is 83.1 Å². The molecular formula is C11H10N4O3. The van der Waals surface area contributed by atoms with E-state index in [2.05, 4.69) is 10.2 Å². The van der Waals surface area contributed by atoms with Crippen LogP contribution in [0.4, 0.5) is 5.69 Å². The Balaban J connectivity index is 2.27. The molecule has 3 rings (SSSR count). The van der Waals surface area contributed by atoms with E-state index < -0.39 is 4.92 Å². The van der Waals surface area contributed by atoms with Gasteiger partial charge in [0, 0.05) is 6.07 Å². The highest BCUT2D eigenvalue weighted by atomic mass is 16.6. The van der Waals surface area contributed by atoms with Crippen LogP contribution in [0.25, 0.3) is 11.4 Å². The maximum absolute atomic E-state index is 11.0. The molecule has 1 aliphatic rings. The maximum atomic E-state index is 11.0. The molecule has 1 atom stereocenters. The number of para-hydroxylation sites is 1. The number of aromatic nitrogens is 3. The monoisotopic (exact) mass is 246 g/mol. The zero-order valence-corrected chi connectivity index (χ0v) is 9.61. The van der Waals surface area contributed by atoms with Crippen molar-refractivity contribution in [2.24, 2.45) is 0 Å². The molecule has 92 valence electrons. The van der Waals surface area contributed by atoms with Gasteiger partial charge in [-0.2, -0.15) is 0 Å². The van der Waals surface area contributed by atoms with E-state index in [1.807, 2.05) is 11.5 Å². The normalized spacial score (nSPS) is 17.3. The first-order valence-corrected chi connectivity index (χ1v) is 5.48. The molecule has 1 aromatic heterocycles. The number of nitro benzene ring substituents is 1. The summed E-state index contributed by atoms with van der Waals surface area (Å²) in [5.41, 5.74) is 0.558. The van der Waals surface area contributed by atoms with Gasteiger partial charge in [0.1, 0.15) is 12.9 Å². The van der Waals surface area contributed by atoms with Crippen LogP contribution in [0, 0.1) is 10.1 Å². The zero-order chi connectivity index (χ0) is 12.7. The van der Waals surface area contributed by atoms with Crippen LogP contribution in [0.3, 0.4) is 0 Å². The van der Waals surface area contributed by atoms with Gasteiger partial charge in [-0.3, -0.25) is 10.1 Å². The number of nitro groups is 1. The molecule has 0 saturated heterocycles. The van der Waals surface area contributed by atoms with Crippen molar-refractivity contribution >= 4 is 5.69 Å². The van der Waals surface area contributed by atoms with Crippen LogP contribution >= 0.6 is 0 Å². The molecule has 7 nitrogen and oxygen atoms in total. The Morgan fingerprint density at radius 1 is 1.56 bits per heavy atom. The summed E-state index contributed by atoms with van der Waals surface area (Å²) in [6, 6.07) is 4.83. The highest BCUT2D eigenvalue weighted by Gasteiger charge is 2.27. The van der Waals surface area contributed by atoms with Gasteiger partial charge in [-0.1, -0.05) is 6.07 Å². The first-order valence-electron chi connectivity index (χ1n) is 5.48.